The number of aromatic nitrogens is 2. The molecule has 0 aromatic carbocycles. The highest BCUT2D eigenvalue weighted by atomic mass is 32.2. The zero-order chi connectivity index (χ0) is 16.2. The van der Waals surface area contributed by atoms with Gasteiger partial charge in [0, 0.05) is 39.1 Å². The Labute approximate surface area is 132 Å². The molecule has 1 N–H and O–H groups in total. The van der Waals surface area contributed by atoms with Crippen LogP contribution in [0.2, 0.25) is 0 Å². The average Bonchev–Trinajstić information content (AvgIpc) is 2.47. The minimum atomic E-state index is -3.30. The van der Waals surface area contributed by atoms with Crippen LogP contribution in [0.25, 0.3) is 0 Å². The summed E-state index contributed by atoms with van der Waals surface area (Å²) in [5.74, 6) is 0.813. The second-order valence-corrected chi connectivity index (χ2v) is 8.08. The fraction of sp³-hybridized carbons (Fsp3) is 0.714. The molecule has 0 radical (unpaired) electrons. The number of nitrogens with zero attached hydrogens (tertiary/aromatic N) is 4. The van der Waals surface area contributed by atoms with Gasteiger partial charge in [-0.05, 0) is 19.3 Å². The monoisotopic (exact) mass is 328 g/mol. The number of sulfonamides is 1. The molecule has 0 spiro atoms. The van der Waals surface area contributed by atoms with E-state index in [0.29, 0.717) is 25.2 Å². The van der Waals surface area contributed by atoms with Crippen LogP contribution in [-0.4, -0.2) is 65.8 Å². The van der Waals surface area contributed by atoms with Gasteiger partial charge in [0.15, 0.2) is 0 Å². The standard InChI is InChI=1S/C14H24N4O3S/c1-3-9-22(20,21)17(2)11-14(19)5-4-8-18(12-14)13-10-15-6-7-16-13/h6-7,10,19H,3-5,8-9,11-12H2,1-2H3. The summed E-state index contributed by atoms with van der Waals surface area (Å²) >= 11 is 0. The van der Waals surface area contributed by atoms with E-state index in [1.165, 1.54) is 11.4 Å². The van der Waals surface area contributed by atoms with Gasteiger partial charge in [-0.1, -0.05) is 6.92 Å². The smallest absolute Gasteiger partial charge is 0.213 e. The predicted molar refractivity (Wildman–Crippen MR) is 85.1 cm³/mol. The van der Waals surface area contributed by atoms with Gasteiger partial charge in [-0.2, -0.15) is 0 Å². The highest BCUT2D eigenvalue weighted by Gasteiger charge is 2.37. The van der Waals surface area contributed by atoms with Gasteiger partial charge in [0.2, 0.25) is 10.0 Å². The van der Waals surface area contributed by atoms with E-state index in [4.69, 9.17) is 0 Å². The van der Waals surface area contributed by atoms with Crippen LogP contribution in [0, 0.1) is 0 Å². The second kappa shape index (κ2) is 6.89. The van der Waals surface area contributed by atoms with E-state index in [9.17, 15) is 13.5 Å². The van der Waals surface area contributed by atoms with Gasteiger partial charge in [0.25, 0.3) is 0 Å². The summed E-state index contributed by atoms with van der Waals surface area (Å²) in [6.07, 6.45) is 6.80. The molecule has 0 amide bonds. The van der Waals surface area contributed by atoms with Crippen LogP contribution >= 0.6 is 0 Å². The van der Waals surface area contributed by atoms with Crippen molar-refractivity contribution in [3.8, 4) is 0 Å². The molecule has 124 valence electrons. The molecule has 22 heavy (non-hydrogen) atoms. The van der Waals surface area contributed by atoms with Gasteiger partial charge in [-0.25, -0.2) is 17.7 Å². The summed E-state index contributed by atoms with van der Waals surface area (Å²) in [4.78, 5) is 10.2. The average molecular weight is 328 g/mol. The van der Waals surface area contributed by atoms with Crippen LogP contribution in [0.3, 0.4) is 0 Å². The van der Waals surface area contributed by atoms with Crippen molar-refractivity contribution in [2.45, 2.75) is 31.8 Å². The van der Waals surface area contributed by atoms with Crippen molar-refractivity contribution in [3.63, 3.8) is 0 Å². The molecule has 1 atom stereocenters. The Kier molecular flexibility index (Phi) is 5.36. The van der Waals surface area contributed by atoms with E-state index in [0.717, 1.165) is 13.0 Å². The highest BCUT2D eigenvalue weighted by Crippen LogP contribution is 2.25. The fourth-order valence-corrected chi connectivity index (χ4v) is 4.08. The van der Waals surface area contributed by atoms with E-state index in [1.807, 2.05) is 11.8 Å². The molecular formula is C14H24N4O3S. The molecule has 0 aliphatic carbocycles. The van der Waals surface area contributed by atoms with Crippen molar-refractivity contribution < 1.29 is 13.5 Å². The Hall–Kier alpha value is -1.25. The van der Waals surface area contributed by atoms with Gasteiger partial charge >= 0.3 is 0 Å². The lowest BCUT2D eigenvalue weighted by Gasteiger charge is -2.41. The van der Waals surface area contributed by atoms with Gasteiger partial charge in [-0.3, -0.25) is 4.98 Å². The zero-order valence-corrected chi connectivity index (χ0v) is 14.0. The van der Waals surface area contributed by atoms with Crippen LogP contribution in [-0.2, 0) is 10.0 Å². The van der Waals surface area contributed by atoms with Gasteiger partial charge in [0.05, 0.1) is 17.6 Å². The third-order valence-electron chi connectivity index (χ3n) is 3.88. The van der Waals surface area contributed by atoms with E-state index in [-0.39, 0.29) is 12.3 Å². The first-order valence-electron chi connectivity index (χ1n) is 7.54. The lowest BCUT2D eigenvalue weighted by Crippen LogP contribution is -2.55. The molecule has 0 bridgehead atoms. The Balaban J connectivity index is 2.07. The van der Waals surface area contributed by atoms with Crippen molar-refractivity contribution >= 4 is 15.8 Å². The normalized spacial score (nSPS) is 23.0. The molecule has 1 aliphatic rings. The number of anilines is 1. The van der Waals surface area contributed by atoms with Crippen LogP contribution in [0.15, 0.2) is 18.6 Å². The maximum atomic E-state index is 12.1. The zero-order valence-electron chi connectivity index (χ0n) is 13.1. The lowest BCUT2D eigenvalue weighted by molar-refractivity contribution is 0.0131. The lowest BCUT2D eigenvalue weighted by atomic mass is 9.93. The number of aliphatic hydroxyl groups is 1. The van der Waals surface area contributed by atoms with Crippen molar-refractivity contribution in [1.29, 1.82) is 0 Å². The first-order valence-corrected chi connectivity index (χ1v) is 9.14. The molecule has 2 rings (SSSR count). The Morgan fingerprint density at radius 1 is 1.45 bits per heavy atom. The van der Waals surface area contributed by atoms with Crippen LogP contribution in [0.4, 0.5) is 5.82 Å². The topological polar surface area (TPSA) is 86.6 Å². The summed E-state index contributed by atoms with van der Waals surface area (Å²) in [5.41, 5.74) is -1.06. The van der Waals surface area contributed by atoms with E-state index < -0.39 is 15.6 Å². The quantitative estimate of drug-likeness (QED) is 0.817. The molecule has 1 aromatic rings. The maximum Gasteiger partial charge on any atom is 0.213 e. The summed E-state index contributed by atoms with van der Waals surface area (Å²) < 4.78 is 25.4. The van der Waals surface area contributed by atoms with Crippen LogP contribution in [0.5, 0.6) is 0 Å². The Morgan fingerprint density at radius 2 is 2.23 bits per heavy atom. The molecule has 0 saturated carbocycles. The number of rotatable bonds is 6. The van der Waals surface area contributed by atoms with Gasteiger partial charge in [-0.15, -0.1) is 0 Å². The summed E-state index contributed by atoms with van der Waals surface area (Å²) in [6.45, 7) is 3.08. The van der Waals surface area contributed by atoms with Gasteiger partial charge in [0.1, 0.15) is 5.82 Å². The van der Waals surface area contributed by atoms with Crippen LogP contribution < -0.4 is 4.90 Å². The van der Waals surface area contributed by atoms with E-state index in [1.54, 1.807) is 18.6 Å². The minimum Gasteiger partial charge on any atom is -0.387 e. The number of likely N-dealkylation sites (N-methyl/N-ethyl adjacent to an activating group) is 1. The van der Waals surface area contributed by atoms with Crippen molar-refractivity contribution in [2.24, 2.45) is 0 Å². The summed E-state index contributed by atoms with van der Waals surface area (Å²) in [6, 6.07) is 0. The fourth-order valence-electron chi connectivity index (χ4n) is 2.82. The Morgan fingerprint density at radius 3 is 2.86 bits per heavy atom. The maximum absolute atomic E-state index is 12.1. The summed E-state index contributed by atoms with van der Waals surface area (Å²) in [7, 11) is -1.77. The molecule has 1 aromatic heterocycles. The number of piperidine rings is 1. The molecule has 1 aliphatic heterocycles. The molecule has 7 nitrogen and oxygen atoms in total. The summed E-state index contributed by atoms with van der Waals surface area (Å²) in [5, 5.41) is 10.8. The van der Waals surface area contributed by atoms with Crippen molar-refractivity contribution in [3.05, 3.63) is 18.6 Å². The number of hydrogen-bond acceptors (Lipinski definition) is 6. The Bertz CT molecular complexity index is 581. The van der Waals surface area contributed by atoms with E-state index >= 15 is 0 Å². The predicted octanol–water partition coefficient (Wildman–Crippen LogP) is 0.479. The molecule has 1 saturated heterocycles. The number of β-amino-alcohol motifs (C(OH)–C–C–N with tert-alkyl or cyclic N) is 1. The van der Waals surface area contributed by atoms with Crippen molar-refractivity contribution in [2.75, 3.05) is 37.3 Å². The second-order valence-electron chi connectivity index (χ2n) is 5.89. The molecule has 2 heterocycles. The molecule has 1 unspecified atom stereocenters. The van der Waals surface area contributed by atoms with Gasteiger partial charge < -0.3 is 10.0 Å². The number of hydrogen-bond donors (Lipinski definition) is 1. The third-order valence-corrected chi connectivity index (χ3v) is 5.89. The molecule has 1 fully saturated rings. The highest BCUT2D eigenvalue weighted by molar-refractivity contribution is 7.89. The first-order chi connectivity index (χ1) is 10.4. The van der Waals surface area contributed by atoms with E-state index in [2.05, 4.69) is 9.97 Å². The largest absolute Gasteiger partial charge is 0.387 e. The molecular weight excluding hydrogens is 304 g/mol. The minimum absolute atomic E-state index is 0.103. The van der Waals surface area contributed by atoms with Crippen LogP contribution in [0.1, 0.15) is 26.2 Å². The van der Waals surface area contributed by atoms with Crippen molar-refractivity contribution in [1.82, 2.24) is 14.3 Å². The SMILES string of the molecule is CCCS(=O)(=O)N(C)CC1(O)CCCN(c2cnccn2)C1. The molecule has 8 heteroatoms. The third kappa shape index (κ3) is 4.15. The first kappa shape index (κ1) is 17.1.